The van der Waals surface area contributed by atoms with Crippen LogP contribution in [0, 0.1) is 0 Å². The van der Waals surface area contributed by atoms with E-state index in [-0.39, 0.29) is 0 Å². The SMILES string of the molecule is c1ccc(-n2c3ccccc3n(-c3ccccc3)c3cc4c(cc32)c2ccc(-n3c5ccccc5c5cc(-n6c7ccccc7c7ccccc76)ccc53)cc2c2cc(-n3c5ccccc5c5cc(-n6c7ccccc7c7ccccc76)ccc53)ccc2c2cccnc24)cc1. The number of fused-ring (bicyclic) bond motifs is 22. The van der Waals surface area contributed by atoms with Crippen molar-refractivity contribution < 1.29 is 0 Å². The molecular weight excluding hydrogens is 1170 g/mol. The van der Waals surface area contributed by atoms with Gasteiger partial charge < -0.3 is 27.4 Å². The Balaban J connectivity index is 0.888. The fraction of sp³-hybridized carbons (Fsp3) is 0. The smallest absolute Gasteiger partial charge is 0.0787 e. The third kappa shape index (κ3) is 7.50. The highest BCUT2D eigenvalue weighted by Gasteiger charge is 2.23. The van der Waals surface area contributed by atoms with Crippen LogP contribution in [0.5, 0.6) is 0 Å². The summed E-state index contributed by atoms with van der Waals surface area (Å²) in [6.07, 6.45) is 1.96. The largest absolute Gasteiger partial charge is 0.309 e. The molecule has 0 aliphatic carbocycles. The van der Waals surface area contributed by atoms with E-state index in [0.717, 1.165) is 121 Å². The predicted octanol–water partition coefficient (Wildman–Crippen LogP) is 23.1. The Hall–Kier alpha value is -13.0. The number of hydrogen-bond donors (Lipinski definition) is 0. The molecule has 0 bridgehead atoms. The first-order valence-electron chi connectivity index (χ1n) is 32.9. The quantitative estimate of drug-likeness (QED) is 0.153. The summed E-state index contributed by atoms with van der Waals surface area (Å²) in [4.78, 5) is 5.46. The predicted molar refractivity (Wildman–Crippen MR) is 403 cm³/mol. The van der Waals surface area contributed by atoms with E-state index in [0.29, 0.717) is 0 Å². The molecule has 6 heterocycles. The molecule has 0 aliphatic rings. The zero-order chi connectivity index (χ0) is 62.7. The summed E-state index contributed by atoms with van der Waals surface area (Å²) in [5, 5.41) is 17.4. The third-order valence-corrected chi connectivity index (χ3v) is 20.4. The number of benzene rings is 14. The normalized spacial score (nSPS) is 12.2. The highest BCUT2D eigenvalue weighted by Crippen LogP contribution is 2.45. The summed E-state index contributed by atoms with van der Waals surface area (Å²) in [6, 6.07) is 121. The Morgan fingerprint density at radius 3 is 0.812 bits per heavy atom. The maximum Gasteiger partial charge on any atom is 0.0787 e. The molecule has 96 heavy (non-hydrogen) atoms. The molecule has 21 rings (SSSR count). The number of nitrogens with zero attached hydrogens (tertiary/aromatic N) is 7. The first-order valence-corrected chi connectivity index (χ1v) is 32.9. The molecule has 0 saturated carbocycles. The number of rotatable bonds is 6. The molecule has 0 fully saturated rings. The minimum absolute atomic E-state index is 0.924. The van der Waals surface area contributed by atoms with Crippen LogP contribution in [0.15, 0.2) is 334 Å². The van der Waals surface area contributed by atoms with Gasteiger partial charge in [0.05, 0.1) is 71.7 Å². The lowest BCUT2D eigenvalue weighted by atomic mass is 9.95. The van der Waals surface area contributed by atoms with Crippen LogP contribution in [-0.2, 0) is 0 Å². The van der Waals surface area contributed by atoms with Crippen molar-refractivity contribution >= 4 is 153 Å². The fourth-order valence-electron chi connectivity index (χ4n) is 16.4. The van der Waals surface area contributed by atoms with E-state index in [1.807, 2.05) is 6.20 Å². The second-order valence-corrected chi connectivity index (χ2v) is 25.4. The van der Waals surface area contributed by atoms with Gasteiger partial charge in [0.25, 0.3) is 0 Å². The van der Waals surface area contributed by atoms with Gasteiger partial charge in [-0.05, 0) is 179 Å². The number of hydrogen-bond acceptors (Lipinski definition) is 1. The summed E-state index contributed by atoms with van der Waals surface area (Å²) in [7, 11) is 0. The van der Waals surface area contributed by atoms with Crippen molar-refractivity contribution in [1.29, 1.82) is 0 Å². The van der Waals surface area contributed by atoms with Crippen molar-refractivity contribution in [2.75, 3.05) is 0 Å². The van der Waals surface area contributed by atoms with Gasteiger partial charge in [-0.2, -0.15) is 0 Å². The second-order valence-electron chi connectivity index (χ2n) is 25.4. The highest BCUT2D eigenvalue weighted by atomic mass is 15.1. The van der Waals surface area contributed by atoms with Gasteiger partial charge in [-0.1, -0.05) is 176 Å². The van der Waals surface area contributed by atoms with Gasteiger partial charge in [0.15, 0.2) is 0 Å². The summed E-state index contributed by atoms with van der Waals surface area (Å²) in [5.74, 6) is 0. The Labute approximate surface area is 549 Å². The van der Waals surface area contributed by atoms with E-state index in [9.17, 15) is 0 Å². The topological polar surface area (TPSA) is 42.5 Å². The van der Waals surface area contributed by atoms with Crippen molar-refractivity contribution in [2.24, 2.45) is 0 Å². The first-order chi connectivity index (χ1) is 47.7. The van der Waals surface area contributed by atoms with Crippen molar-refractivity contribution in [1.82, 2.24) is 32.4 Å². The van der Waals surface area contributed by atoms with Gasteiger partial charge in [-0.25, -0.2) is 0 Å². The zero-order valence-corrected chi connectivity index (χ0v) is 51.9. The molecule has 7 nitrogen and oxygen atoms in total. The van der Waals surface area contributed by atoms with Gasteiger partial charge in [-0.3, -0.25) is 4.98 Å². The van der Waals surface area contributed by atoms with Crippen LogP contribution in [0.4, 0.5) is 0 Å². The molecule has 0 aliphatic heterocycles. The monoisotopic (exact) mass is 1220 g/mol. The molecule has 7 heteroatoms. The Kier molecular flexibility index (Phi) is 11.1. The van der Waals surface area contributed by atoms with Crippen LogP contribution < -0.4 is 0 Å². The van der Waals surface area contributed by atoms with Crippen LogP contribution in [0.2, 0.25) is 0 Å². The minimum Gasteiger partial charge on any atom is -0.309 e. The van der Waals surface area contributed by atoms with Crippen molar-refractivity contribution in [3.8, 4) is 34.1 Å². The van der Waals surface area contributed by atoms with Gasteiger partial charge >= 0.3 is 0 Å². The molecule has 0 radical (unpaired) electrons. The van der Waals surface area contributed by atoms with Crippen LogP contribution in [-0.4, -0.2) is 32.4 Å². The van der Waals surface area contributed by atoms with E-state index in [4.69, 9.17) is 4.98 Å². The van der Waals surface area contributed by atoms with E-state index in [1.54, 1.807) is 0 Å². The van der Waals surface area contributed by atoms with Crippen LogP contribution in [0.1, 0.15) is 0 Å². The standard InChI is InChI=1S/C89H55N7/c1-3-22-56(23-4-1)91-85-39-19-20-40-86(85)92(57-24-5-2-6-25-57)88-55-76-73(54-87(88)91)63-46-42-59(96-82-38-18-12-31-69(82)75-53-61(44-48-84(75)96)94-79-35-15-9-28-66(79)67-29-10-16-36-80(67)94)51-72(63)71-50-58(41-45-62(71)70-32-21-49-90-89(70)76)95-81-37-17-11-30-68(81)74-52-60(43-47-83(74)95)93-77-33-13-7-26-64(77)65-27-8-14-34-78(65)93/h1-55H. The lowest BCUT2D eigenvalue weighted by Crippen LogP contribution is -2.08. The molecule has 0 atom stereocenters. The van der Waals surface area contributed by atoms with Crippen LogP contribution >= 0.6 is 0 Å². The van der Waals surface area contributed by atoms with Crippen molar-refractivity contribution in [2.45, 2.75) is 0 Å². The second kappa shape index (κ2) is 20.3. The number of para-hydroxylation sites is 10. The molecule has 0 unspecified atom stereocenters. The van der Waals surface area contributed by atoms with Gasteiger partial charge in [0, 0.05) is 94.2 Å². The molecule has 0 spiro atoms. The maximum absolute atomic E-state index is 5.46. The van der Waals surface area contributed by atoms with Crippen LogP contribution in [0.25, 0.3) is 187 Å². The summed E-state index contributed by atoms with van der Waals surface area (Å²) >= 11 is 0. The molecule has 15 aromatic carbocycles. The average molecular weight is 1220 g/mol. The molecular formula is C89H55N7. The molecule has 446 valence electrons. The van der Waals surface area contributed by atoms with E-state index >= 15 is 0 Å². The third-order valence-electron chi connectivity index (χ3n) is 20.4. The molecule has 6 aromatic heterocycles. The average Bonchev–Trinajstić information content (AvgIpc) is 1.29. The van der Waals surface area contributed by atoms with Gasteiger partial charge in [0.1, 0.15) is 0 Å². The van der Waals surface area contributed by atoms with E-state index < -0.39 is 0 Å². The Bertz CT molecular complexity index is 6840. The maximum atomic E-state index is 5.46. The first kappa shape index (κ1) is 52.6. The number of pyridine rings is 1. The summed E-state index contributed by atoms with van der Waals surface area (Å²) in [5.41, 5.74) is 21.1. The Morgan fingerprint density at radius 1 is 0.146 bits per heavy atom. The highest BCUT2D eigenvalue weighted by molar-refractivity contribution is 6.27. The molecule has 0 saturated heterocycles. The van der Waals surface area contributed by atoms with Gasteiger partial charge in [0.2, 0.25) is 0 Å². The van der Waals surface area contributed by atoms with Crippen molar-refractivity contribution in [3.63, 3.8) is 0 Å². The lowest BCUT2D eigenvalue weighted by molar-refractivity contribution is 1.09. The fourth-order valence-corrected chi connectivity index (χ4v) is 16.4. The Morgan fingerprint density at radius 2 is 0.417 bits per heavy atom. The molecule has 21 aromatic rings. The van der Waals surface area contributed by atoms with E-state index in [1.165, 1.54) is 65.2 Å². The number of aromatic nitrogens is 7. The summed E-state index contributed by atoms with van der Waals surface area (Å²) < 4.78 is 14.7. The van der Waals surface area contributed by atoms with E-state index in [2.05, 4.69) is 355 Å². The molecule has 0 N–H and O–H groups in total. The zero-order valence-electron chi connectivity index (χ0n) is 51.9. The van der Waals surface area contributed by atoms with Crippen LogP contribution in [0.3, 0.4) is 0 Å². The van der Waals surface area contributed by atoms with Crippen molar-refractivity contribution in [3.05, 3.63) is 334 Å². The van der Waals surface area contributed by atoms with Gasteiger partial charge in [-0.15, -0.1) is 0 Å². The summed E-state index contributed by atoms with van der Waals surface area (Å²) in [6.45, 7) is 0. The molecule has 0 amide bonds. The lowest BCUT2D eigenvalue weighted by Gasteiger charge is -2.23. The minimum atomic E-state index is 0.924.